The number of nitrogens with zero attached hydrogens (tertiary/aromatic N) is 2. The van der Waals surface area contributed by atoms with E-state index in [9.17, 15) is 14.4 Å². The van der Waals surface area contributed by atoms with Crippen molar-refractivity contribution < 1.29 is 9.59 Å². The molecular weight excluding hydrogens is 338 g/mol. The first-order valence-corrected chi connectivity index (χ1v) is 8.42. The minimum atomic E-state index is -0.367. The van der Waals surface area contributed by atoms with E-state index in [1.807, 2.05) is 17.5 Å². The molecule has 0 aliphatic heterocycles. The molecule has 25 heavy (non-hydrogen) atoms. The molecule has 0 aliphatic carbocycles. The monoisotopic (exact) mass is 353 g/mol. The Bertz CT molecular complexity index is 977. The smallest absolute Gasteiger partial charge is 0.254 e. The van der Waals surface area contributed by atoms with Gasteiger partial charge in [0.05, 0.1) is 16.9 Å². The second-order valence-corrected chi connectivity index (χ2v) is 6.35. The van der Waals surface area contributed by atoms with Crippen LogP contribution in [-0.4, -0.2) is 21.2 Å². The van der Waals surface area contributed by atoms with Gasteiger partial charge in [0.25, 0.3) is 5.56 Å². The van der Waals surface area contributed by atoms with Crippen LogP contribution in [0.1, 0.15) is 17.3 Å². The molecule has 2 heterocycles. The van der Waals surface area contributed by atoms with Gasteiger partial charge in [-0.1, -0.05) is 18.2 Å². The van der Waals surface area contributed by atoms with Crippen LogP contribution in [0.15, 0.2) is 59.0 Å². The van der Waals surface area contributed by atoms with Gasteiger partial charge in [0.2, 0.25) is 5.91 Å². The lowest BCUT2D eigenvalue weighted by molar-refractivity contribution is -0.116. The summed E-state index contributed by atoms with van der Waals surface area (Å²) in [5.74, 6) is -0.450. The van der Waals surface area contributed by atoms with E-state index in [4.69, 9.17) is 0 Å². The van der Waals surface area contributed by atoms with Crippen LogP contribution in [0.5, 0.6) is 0 Å². The lowest BCUT2D eigenvalue weighted by Crippen LogP contribution is -2.27. The van der Waals surface area contributed by atoms with Crippen LogP contribution in [0, 0.1) is 0 Å². The lowest BCUT2D eigenvalue weighted by Gasteiger charge is -2.08. The van der Waals surface area contributed by atoms with E-state index in [-0.39, 0.29) is 23.8 Å². The van der Waals surface area contributed by atoms with Crippen molar-refractivity contribution >= 4 is 28.7 Å². The number of aromatic nitrogens is 2. The zero-order chi connectivity index (χ0) is 17.8. The van der Waals surface area contributed by atoms with Gasteiger partial charge in [0.1, 0.15) is 6.54 Å². The maximum Gasteiger partial charge on any atom is 0.254 e. The molecule has 6 nitrogen and oxygen atoms in total. The summed E-state index contributed by atoms with van der Waals surface area (Å²) in [5.41, 5.74) is 1.31. The molecule has 0 fully saturated rings. The highest BCUT2D eigenvalue weighted by molar-refractivity contribution is 7.13. The summed E-state index contributed by atoms with van der Waals surface area (Å²) in [6, 6.07) is 11.8. The van der Waals surface area contributed by atoms with Gasteiger partial charge in [-0.25, -0.2) is 4.98 Å². The normalized spacial score (nSPS) is 10.4. The van der Waals surface area contributed by atoms with Gasteiger partial charge >= 0.3 is 0 Å². The highest BCUT2D eigenvalue weighted by Gasteiger charge is 2.09. The zero-order valence-corrected chi connectivity index (χ0v) is 14.2. The number of nitrogens with one attached hydrogen (secondary N) is 1. The van der Waals surface area contributed by atoms with Crippen molar-refractivity contribution in [2.45, 2.75) is 13.5 Å². The Labute approximate surface area is 147 Å². The number of ketones is 1. The second-order valence-electron chi connectivity index (χ2n) is 5.40. The molecule has 1 amide bonds. The summed E-state index contributed by atoms with van der Waals surface area (Å²) in [4.78, 5) is 40.8. The molecule has 0 unspecified atom stereocenters. The molecule has 3 aromatic rings. The third kappa shape index (κ3) is 4.07. The van der Waals surface area contributed by atoms with Gasteiger partial charge in [-0.3, -0.25) is 19.0 Å². The predicted molar refractivity (Wildman–Crippen MR) is 96.9 cm³/mol. The minimum Gasteiger partial charge on any atom is -0.325 e. The van der Waals surface area contributed by atoms with Crippen molar-refractivity contribution in [3.05, 3.63) is 70.1 Å². The second kappa shape index (κ2) is 7.23. The predicted octanol–water partition coefficient (Wildman–Crippen LogP) is 2.81. The molecule has 0 radical (unpaired) electrons. The first-order chi connectivity index (χ1) is 12.0. The Balaban J connectivity index is 1.72. The Morgan fingerprint density at radius 2 is 2.04 bits per heavy atom. The summed E-state index contributed by atoms with van der Waals surface area (Å²) in [7, 11) is 0. The number of Topliss-reactive ketones (excluding diaryl/α,β-unsaturated/α-hetero) is 1. The molecule has 0 atom stereocenters. The third-order valence-electron chi connectivity index (χ3n) is 3.52. The molecule has 1 aromatic carbocycles. The van der Waals surface area contributed by atoms with E-state index in [2.05, 4.69) is 10.3 Å². The molecular formula is C18H15N3O3S. The maximum absolute atomic E-state index is 12.2. The van der Waals surface area contributed by atoms with E-state index >= 15 is 0 Å². The van der Waals surface area contributed by atoms with Crippen molar-refractivity contribution in [1.29, 1.82) is 0 Å². The molecule has 2 aromatic heterocycles. The molecule has 3 rings (SSSR count). The number of benzene rings is 1. The number of rotatable bonds is 5. The van der Waals surface area contributed by atoms with Crippen molar-refractivity contribution in [3.63, 3.8) is 0 Å². The van der Waals surface area contributed by atoms with Crippen LogP contribution < -0.4 is 10.9 Å². The van der Waals surface area contributed by atoms with Crippen molar-refractivity contribution in [2.75, 3.05) is 5.32 Å². The average Bonchev–Trinajstić information content (AvgIpc) is 3.11. The van der Waals surface area contributed by atoms with Crippen molar-refractivity contribution in [2.24, 2.45) is 0 Å². The molecule has 1 N–H and O–H groups in total. The summed E-state index contributed by atoms with van der Waals surface area (Å²) >= 11 is 1.49. The first kappa shape index (κ1) is 16.8. The topological polar surface area (TPSA) is 81.1 Å². The molecule has 0 bridgehead atoms. The Kier molecular flexibility index (Phi) is 4.85. The standard InChI is InChI=1S/C18H15N3O3S/c1-12(22)13-4-2-5-14(8-13)20-17(23)10-21-11-19-15(9-18(21)24)16-6-3-7-25-16/h2-9,11H,10H2,1H3,(H,20,23). The largest absolute Gasteiger partial charge is 0.325 e. The first-order valence-electron chi connectivity index (χ1n) is 7.54. The van der Waals surface area contributed by atoms with Crippen molar-refractivity contribution in [1.82, 2.24) is 9.55 Å². The molecule has 7 heteroatoms. The fraction of sp³-hybridized carbons (Fsp3) is 0.111. The van der Waals surface area contributed by atoms with Gasteiger partial charge < -0.3 is 5.32 Å². The summed E-state index contributed by atoms with van der Waals surface area (Å²) < 4.78 is 1.24. The van der Waals surface area contributed by atoms with Gasteiger partial charge in [-0.2, -0.15) is 0 Å². The molecule has 0 spiro atoms. The average molecular weight is 353 g/mol. The minimum absolute atomic E-state index is 0.0827. The highest BCUT2D eigenvalue weighted by atomic mass is 32.1. The number of amides is 1. The van der Waals surface area contributed by atoms with Crippen LogP contribution in [-0.2, 0) is 11.3 Å². The van der Waals surface area contributed by atoms with Crippen LogP contribution in [0.2, 0.25) is 0 Å². The van der Waals surface area contributed by atoms with E-state index in [1.165, 1.54) is 35.2 Å². The number of hydrogen-bond donors (Lipinski definition) is 1. The fourth-order valence-corrected chi connectivity index (χ4v) is 2.97. The molecule has 0 aliphatic rings. The zero-order valence-electron chi connectivity index (χ0n) is 13.4. The molecule has 0 saturated heterocycles. The Morgan fingerprint density at radius 3 is 2.72 bits per heavy atom. The lowest BCUT2D eigenvalue weighted by atomic mass is 10.1. The number of anilines is 1. The van der Waals surface area contributed by atoms with Crippen LogP contribution in [0.25, 0.3) is 10.6 Å². The van der Waals surface area contributed by atoms with Gasteiger partial charge in [0, 0.05) is 17.3 Å². The Hall–Kier alpha value is -3.06. The number of thiophene rings is 1. The van der Waals surface area contributed by atoms with E-state index in [0.29, 0.717) is 16.9 Å². The number of hydrogen-bond acceptors (Lipinski definition) is 5. The SMILES string of the molecule is CC(=O)c1cccc(NC(=O)Cn2cnc(-c3cccs3)cc2=O)c1. The maximum atomic E-state index is 12.2. The number of carbonyl (C=O) groups is 2. The Morgan fingerprint density at radius 1 is 1.20 bits per heavy atom. The quantitative estimate of drug-likeness (QED) is 0.715. The van der Waals surface area contributed by atoms with Gasteiger partial charge in [-0.15, -0.1) is 11.3 Å². The summed E-state index contributed by atoms with van der Waals surface area (Å²) in [5, 5.41) is 4.59. The van der Waals surface area contributed by atoms with Crippen LogP contribution in [0.3, 0.4) is 0 Å². The van der Waals surface area contributed by atoms with E-state index in [1.54, 1.807) is 24.3 Å². The van der Waals surface area contributed by atoms with Gasteiger partial charge in [0.15, 0.2) is 5.78 Å². The van der Waals surface area contributed by atoms with E-state index < -0.39 is 0 Å². The summed E-state index contributed by atoms with van der Waals surface area (Å²) in [6.45, 7) is 1.31. The molecule has 0 saturated carbocycles. The van der Waals surface area contributed by atoms with E-state index in [0.717, 1.165) is 4.88 Å². The molecule has 126 valence electrons. The fourth-order valence-electron chi connectivity index (χ4n) is 2.27. The summed E-state index contributed by atoms with van der Waals surface area (Å²) in [6.07, 6.45) is 1.36. The van der Waals surface area contributed by atoms with Gasteiger partial charge in [-0.05, 0) is 30.5 Å². The highest BCUT2D eigenvalue weighted by Crippen LogP contribution is 2.20. The number of carbonyl (C=O) groups excluding carboxylic acids is 2. The third-order valence-corrected chi connectivity index (χ3v) is 4.41. The van der Waals surface area contributed by atoms with Crippen molar-refractivity contribution in [3.8, 4) is 10.6 Å². The van der Waals surface area contributed by atoms with Crippen LogP contribution in [0.4, 0.5) is 5.69 Å². The van der Waals surface area contributed by atoms with Crippen LogP contribution >= 0.6 is 11.3 Å².